The summed E-state index contributed by atoms with van der Waals surface area (Å²) in [6, 6.07) is 40.7. The molecule has 0 amide bonds. The minimum Gasteiger partial charge on any atom is -0.456 e. The molecule has 0 N–H and O–H groups in total. The van der Waals surface area contributed by atoms with E-state index in [2.05, 4.69) is 47.4 Å². The summed E-state index contributed by atoms with van der Waals surface area (Å²) in [5.41, 5.74) is 8.00. The van der Waals surface area contributed by atoms with E-state index in [4.69, 9.17) is 23.8 Å². The summed E-state index contributed by atoms with van der Waals surface area (Å²) in [7, 11) is 0. The van der Waals surface area contributed by atoms with Crippen LogP contribution in [0.2, 0.25) is 0 Å². The van der Waals surface area contributed by atoms with E-state index in [-0.39, 0.29) is 0 Å². The van der Waals surface area contributed by atoms with E-state index >= 15 is 0 Å². The van der Waals surface area contributed by atoms with Gasteiger partial charge in [-0.2, -0.15) is 0 Å². The van der Waals surface area contributed by atoms with Gasteiger partial charge in [0.15, 0.2) is 23.1 Å². The van der Waals surface area contributed by atoms with Crippen LogP contribution in [-0.4, -0.2) is 19.9 Å². The van der Waals surface area contributed by atoms with Crippen molar-refractivity contribution in [2.24, 2.45) is 0 Å². The molecular formula is C38H22N4O2. The SMILES string of the molecule is c1ccc(-c2ccc(-c3nc(-c4cccc5oc6ccccc6c45)nc(-c4cccc5oc6cnccc6c45)n3)cc2)cc1. The third-order valence-electron chi connectivity index (χ3n) is 8.07. The summed E-state index contributed by atoms with van der Waals surface area (Å²) in [4.78, 5) is 19.5. The summed E-state index contributed by atoms with van der Waals surface area (Å²) < 4.78 is 12.4. The molecular weight excluding hydrogens is 544 g/mol. The molecule has 6 heteroatoms. The fourth-order valence-corrected chi connectivity index (χ4v) is 6.02. The first-order valence-electron chi connectivity index (χ1n) is 14.4. The molecule has 0 aliphatic carbocycles. The molecule has 9 rings (SSSR count). The first-order chi connectivity index (χ1) is 21.8. The van der Waals surface area contributed by atoms with Gasteiger partial charge in [-0.3, -0.25) is 4.98 Å². The van der Waals surface area contributed by atoms with Gasteiger partial charge in [-0.1, -0.05) is 97.1 Å². The van der Waals surface area contributed by atoms with Gasteiger partial charge in [-0.25, -0.2) is 15.0 Å². The van der Waals surface area contributed by atoms with Crippen molar-refractivity contribution in [3.05, 3.63) is 134 Å². The van der Waals surface area contributed by atoms with Crippen molar-refractivity contribution < 1.29 is 8.83 Å². The number of aromatic nitrogens is 4. The van der Waals surface area contributed by atoms with E-state index in [1.165, 1.54) is 0 Å². The monoisotopic (exact) mass is 566 g/mol. The van der Waals surface area contributed by atoms with Gasteiger partial charge in [0.05, 0.1) is 6.20 Å². The Labute approximate surface area is 251 Å². The van der Waals surface area contributed by atoms with E-state index in [9.17, 15) is 0 Å². The fourth-order valence-electron chi connectivity index (χ4n) is 6.02. The first-order valence-corrected chi connectivity index (χ1v) is 14.4. The maximum Gasteiger partial charge on any atom is 0.164 e. The Bertz CT molecular complexity index is 2360. The third-order valence-corrected chi connectivity index (χ3v) is 8.07. The lowest BCUT2D eigenvalue weighted by Gasteiger charge is -2.10. The number of hydrogen-bond donors (Lipinski definition) is 0. The summed E-state index contributed by atoms with van der Waals surface area (Å²) >= 11 is 0. The van der Waals surface area contributed by atoms with Crippen LogP contribution in [0.5, 0.6) is 0 Å². The Hall–Kier alpha value is -6.14. The van der Waals surface area contributed by atoms with Gasteiger partial charge in [0.25, 0.3) is 0 Å². The number of pyridine rings is 1. The maximum atomic E-state index is 6.21. The molecule has 4 heterocycles. The van der Waals surface area contributed by atoms with Crippen LogP contribution in [0.25, 0.3) is 89.2 Å². The standard InChI is InChI=1S/C38H22N4O2/c1-2-8-23(9-3-1)24-16-18-25(19-17-24)36-40-37(28-11-6-14-31-34(28)26-10-4-5-13-30(26)43-31)42-38(41-36)29-12-7-15-32-35(29)27-20-21-39-22-33(27)44-32/h1-22H. The topological polar surface area (TPSA) is 77.8 Å². The Morgan fingerprint density at radius 2 is 0.932 bits per heavy atom. The van der Waals surface area contributed by atoms with Crippen LogP contribution in [0.1, 0.15) is 0 Å². The number of fused-ring (bicyclic) bond motifs is 6. The summed E-state index contributed by atoms with van der Waals surface area (Å²) in [5, 5.41) is 3.90. The Balaban J connectivity index is 1.30. The van der Waals surface area contributed by atoms with Gasteiger partial charge < -0.3 is 8.83 Å². The van der Waals surface area contributed by atoms with E-state index in [0.29, 0.717) is 17.5 Å². The van der Waals surface area contributed by atoms with Crippen LogP contribution in [0.4, 0.5) is 0 Å². The zero-order valence-electron chi connectivity index (χ0n) is 23.3. The average Bonchev–Trinajstić information content (AvgIpc) is 3.67. The van der Waals surface area contributed by atoms with Gasteiger partial charge in [-0.15, -0.1) is 0 Å². The highest BCUT2D eigenvalue weighted by Crippen LogP contribution is 2.39. The van der Waals surface area contributed by atoms with Crippen molar-refractivity contribution in [3.8, 4) is 45.3 Å². The number of hydrogen-bond acceptors (Lipinski definition) is 6. The summed E-state index contributed by atoms with van der Waals surface area (Å²) in [6.07, 6.45) is 3.51. The van der Waals surface area contributed by atoms with Crippen LogP contribution in [0.15, 0.2) is 143 Å². The zero-order chi connectivity index (χ0) is 29.0. The first kappa shape index (κ1) is 24.5. The molecule has 9 aromatic rings. The van der Waals surface area contributed by atoms with Crippen LogP contribution < -0.4 is 0 Å². The second-order valence-corrected chi connectivity index (χ2v) is 10.7. The van der Waals surface area contributed by atoms with Crippen molar-refractivity contribution in [2.45, 2.75) is 0 Å². The molecule has 0 spiro atoms. The zero-order valence-corrected chi connectivity index (χ0v) is 23.3. The number of furan rings is 2. The molecule has 0 aliphatic heterocycles. The molecule has 0 aliphatic rings. The van der Waals surface area contributed by atoms with Crippen molar-refractivity contribution in [1.82, 2.24) is 19.9 Å². The highest BCUT2D eigenvalue weighted by molar-refractivity contribution is 6.13. The molecule has 5 aromatic carbocycles. The Morgan fingerprint density at radius 3 is 1.66 bits per heavy atom. The molecule has 0 atom stereocenters. The normalized spacial score (nSPS) is 11.6. The van der Waals surface area contributed by atoms with Gasteiger partial charge in [0.2, 0.25) is 0 Å². The van der Waals surface area contributed by atoms with Crippen LogP contribution in [0.3, 0.4) is 0 Å². The second-order valence-electron chi connectivity index (χ2n) is 10.7. The van der Waals surface area contributed by atoms with Crippen LogP contribution in [0, 0.1) is 0 Å². The van der Waals surface area contributed by atoms with E-state index < -0.39 is 0 Å². The van der Waals surface area contributed by atoms with Crippen molar-refractivity contribution in [2.75, 3.05) is 0 Å². The molecule has 0 saturated heterocycles. The Morgan fingerprint density at radius 1 is 0.386 bits per heavy atom. The molecule has 4 aromatic heterocycles. The lowest BCUT2D eigenvalue weighted by Crippen LogP contribution is -2.00. The molecule has 206 valence electrons. The van der Waals surface area contributed by atoms with E-state index in [1.807, 2.05) is 78.9 Å². The predicted octanol–water partition coefficient (Wildman–Crippen LogP) is 9.73. The third kappa shape index (κ3) is 3.89. The number of benzene rings is 5. The van der Waals surface area contributed by atoms with Gasteiger partial charge in [-0.05, 0) is 35.4 Å². The average molecular weight is 567 g/mol. The predicted molar refractivity (Wildman–Crippen MR) is 174 cm³/mol. The van der Waals surface area contributed by atoms with Gasteiger partial charge >= 0.3 is 0 Å². The second kappa shape index (κ2) is 9.71. The lowest BCUT2D eigenvalue weighted by molar-refractivity contribution is 0.667. The Kier molecular flexibility index (Phi) is 5.40. The molecule has 0 radical (unpaired) electrons. The number of nitrogens with zero attached hydrogens (tertiary/aromatic N) is 4. The minimum atomic E-state index is 0.562. The molecule has 0 saturated carbocycles. The molecule has 0 bridgehead atoms. The van der Waals surface area contributed by atoms with Gasteiger partial charge in [0, 0.05) is 44.4 Å². The summed E-state index contributed by atoms with van der Waals surface area (Å²) in [6.45, 7) is 0. The van der Waals surface area contributed by atoms with E-state index in [1.54, 1.807) is 12.4 Å². The molecule has 0 unspecified atom stereocenters. The smallest absolute Gasteiger partial charge is 0.164 e. The van der Waals surface area contributed by atoms with Crippen molar-refractivity contribution in [1.29, 1.82) is 0 Å². The molecule has 6 nitrogen and oxygen atoms in total. The largest absolute Gasteiger partial charge is 0.456 e. The molecule has 44 heavy (non-hydrogen) atoms. The highest BCUT2D eigenvalue weighted by Gasteiger charge is 2.20. The quantitative estimate of drug-likeness (QED) is 0.211. The summed E-state index contributed by atoms with van der Waals surface area (Å²) in [5.74, 6) is 1.72. The van der Waals surface area contributed by atoms with E-state index in [0.717, 1.165) is 71.7 Å². The van der Waals surface area contributed by atoms with Gasteiger partial charge in [0.1, 0.15) is 16.7 Å². The minimum absolute atomic E-state index is 0.562. The fraction of sp³-hybridized carbons (Fsp3) is 0. The van der Waals surface area contributed by atoms with Crippen LogP contribution >= 0.6 is 0 Å². The highest BCUT2D eigenvalue weighted by atomic mass is 16.3. The molecule has 0 fully saturated rings. The number of rotatable bonds is 4. The van der Waals surface area contributed by atoms with Crippen molar-refractivity contribution >= 4 is 43.9 Å². The lowest BCUT2D eigenvalue weighted by atomic mass is 10.0. The van der Waals surface area contributed by atoms with Crippen LogP contribution in [-0.2, 0) is 0 Å². The van der Waals surface area contributed by atoms with Crippen molar-refractivity contribution in [3.63, 3.8) is 0 Å². The number of para-hydroxylation sites is 1. The maximum absolute atomic E-state index is 6.21.